The Balaban J connectivity index is 2.07. The Morgan fingerprint density at radius 2 is 2.16 bits per heavy atom. The van der Waals surface area contributed by atoms with Crippen molar-refractivity contribution in [2.45, 2.75) is 6.04 Å². The fourth-order valence-electron chi connectivity index (χ4n) is 2.26. The van der Waals surface area contributed by atoms with Crippen LogP contribution in [0.15, 0.2) is 28.9 Å². The minimum atomic E-state index is -0.321. The normalized spacial score (nSPS) is 15.3. The molecule has 0 fully saturated rings. The first-order chi connectivity index (χ1) is 9.18. The Bertz CT molecular complexity index is 592. The van der Waals surface area contributed by atoms with Crippen molar-refractivity contribution in [3.05, 3.63) is 40.1 Å². The molecule has 2 aromatic rings. The van der Waals surface area contributed by atoms with Gasteiger partial charge in [0.15, 0.2) is 11.5 Å². The van der Waals surface area contributed by atoms with Gasteiger partial charge in [-0.05, 0) is 22.0 Å². The monoisotopic (exact) mass is 323 g/mol. The number of nitrogens with two attached hydrogens (primary N) is 1. The summed E-state index contributed by atoms with van der Waals surface area (Å²) in [6.45, 7) is 1.12. The number of hydrogen-bond donors (Lipinski definition) is 1. The van der Waals surface area contributed by atoms with Crippen LogP contribution in [0, 0.1) is 0 Å². The third kappa shape index (κ3) is 2.11. The van der Waals surface area contributed by atoms with Gasteiger partial charge >= 0.3 is 0 Å². The molecule has 100 valence electrons. The number of ether oxygens (including phenoxy) is 2. The third-order valence-corrected chi connectivity index (χ3v) is 3.77. The number of hydrogen-bond acceptors (Lipinski definition) is 4. The molecular weight excluding hydrogens is 310 g/mol. The Labute approximate surface area is 119 Å². The summed E-state index contributed by atoms with van der Waals surface area (Å²) in [5, 5.41) is 4.19. The summed E-state index contributed by atoms with van der Waals surface area (Å²) >= 11 is 3.48. The van der Waals surface area contributed by atoms with Crippen LogP contribution in [0.5, 0.6) is 11.5 Å². The fourth-order valence-corrected chi connectivity index (χ4v) is 2.85. The number of fused-ring (bicyclic) bond motifs is 1. The Kier molecular flexibility index (Phi) is 3.20. The molecule has 1 aliphatic rings. The summed E-state index contributed by atoms with van der Waals surface area (Å²) in [6, 6.07) is 5.45. The van der Waals surface area contributed by atoms with Crippen LogP contribution in [0.2, 0.25) is 0 Å². The van der Waals surface area contributed by atoms with Crippen molar-refractivity contribution in [3.63, 3.8) is 0 Å². The van der Waals surface area contributed by atoms with Gasteiger partial charge in [-0.3, -0.25) is 4.68 Å². The highest BCUT2D eigenvalue weighted by Gasteiger charge is 2.24. The lowest BCUT2D eigenvalue weighted by Crippen LogP contribution is -2.21. The number of aryl methyl sites for hydroxylation is 1. The summed E-state index contributed by atoms with van der Waals surface area (Å²) in [5.41, 5.74) is 8.17. The Morgan fingerprint density at radius 3 is 2.89 bits per heavy atom. The van der Waals surface area contributed by atoms with E-state index in [2.05, 4.69) is 21.0 Å². The van der Waals surface area contributed by atoms with Crippen molar-refractivity contribution >= 4 is 15.9 Å². The van der Waals surface area contributed by atoms with E-state index < -0.39 is 0 Å². The van der Waals surface area contributed by atoms with E-state index in [0.717, 1.165) is 27.2 Å². The molecule has 6 heteroatoms. The second-order valence-electron chi connectivity index (χ2n) is 4.35. The van der Waals surface area contributed by atoms with Crippen LogP contribution in [0.25, 0.3) is 0 Å². The number of rotatable bonds is 2. The third-order valence-electron chi connectivity index (χ3n) is 3.16. The molecule has 19 heavy (non-hydrogen) atoms. The topological polar surface area (TPSA) is 62.3 Å². The van der Waals surface area contributed by atoms with Crippen LogP contribution in [0.1, 0.15) is 17.3 Å². The second kappa shape index (κ2) is 4.86. The zero-order chi connectivity index (χ0) is 13.4. The van der Waals surface area contributed by atoms with E-state index in [9.17, 15) is 0 Å². The molecule has 1 aliphatic heterocycles. The lowest BCUT2D eigenvalue weighted by atomic mass is 10.0. The van der Waals surface area contributed by atoms with Crippen molar-refractivity contribution in [2.75, 3.05) is 13.2 Å². The van der Waals surface area contributed by atoms with Gasteiger partial charge in [0.25, 0.3) is 0 Å². The second-order valence-corrected chi connectivity index (χ2v) is 5.20. The molecule has 0 bridgehead atoms. The van der Waals surface area contributed by atoms with E-state index in [1.165, 1.54) is 0 Å². The fraction of sp³-hybridized carbons (Fsp3) is 0.308. The number of halogens is 1. The maximum atomic E-state index is 6.36. The lowest BCUT2D eigenvalue weighted by Gasteiger charge is -2.23. The summed E-state index contributed by atoms with van der Waals surface area (Å²) in [5.74, 6) is 1.48. The minimum absolute atomic E-state index is 0.321. The molecule has 1 unspecified atom stereocenters. The van der Waals surface area contributed by atoms with E-state index in [1.54, 1.807) is 10.9 Å². The average Bonchev–Trinajstić information content (AvgIpc) is 2.77. The van der Waals surface area contributed by atoms with E-state index in [0.29, 0.717) is 13.2 Å². The quantitative estimate of drug-likeness (QED) is 0.918. The molecule has 2 heterocycles. The van der Waals surface area contributed by atoms with Gasteiger partial charge in [0.1, 0.15) is 13.2 Å². The summed E-state index contributed by atoms with van der Waals surface area (Å²) in [4.78, 5) is 0. The first kappa shape index (κ1) is 12.5. The highest BCUT2D eigenvalue weighted by molar-refractivity contribution is 9.10. The molecule has 5 nitrogen and oxygen atoms in total. The molecule has 2 N–H and O–H groups in total. The van der Waals surface area contributed by atoms with Gasteiger partial charge in [-0.2, -0.15) is 5.10 Å². The predicted octanol–water partition coefficient (Wildman–Crippen LogP) is 2.00. The maximum absolute atomic E-state index is 6.36. The molecule has 1 aromatic heterocycles. The molecule has 0 saturated heterocycles. The van der Waals surface area contributed by atoms with Gasteiger partial charge in [0, 0.05) is 12.6 Å². The SMILES string of the molecule is Cn1ncc(Br)c1C(N)c1cccc2c1OCCO2. The highest BCUT2D eigenvalue weighted by atomic mass is 79.9. The Morgan fingerprint density at radius 1 is 1.37 bits per heavy atom. The van der Waals surface area contributed by atoms with E-state index in [1.807, 2.05) is 25.2 Å². The van der Waals surface area contributed by atoms with E-state index in [-0.39, 0.29) is 6.04 Å². The van der Waals surface area contributed by atoms with Gasteiger partial charge in [0.2, 0.25) is 0 Å². The van der Waals surface area contributed by atoms with Gasteiger partial charge in [-0.15, -0.1) is 0 Å². The first-order valence-corrected chi connectivity index (χ1v) is 6.79. The van der Waals surface area contributed by atoms with Crippen LogP contribution in [0.4, 0.5) is 0 Å². The molecule has 1 aromatic carbocycles. The molecule has 0 amide bonds. The molecular formula is C13H14BrN3O2. The van der Waals surface area contributed by atoms with Crippen molar-refractivity contribution < 1.29 is 9.47 Å². The summed E-state index contributed by atoms with van der Waals surface area (Å²) in [6.07, 6.45) is 1.74. The molecule has 0 saturated carbocycles. The lowest BCUT2D eigenvalue weighted by molar-refractivity contribution is 0.169. The average molecular weight is 324 g/mol. The number of para-hydroxylation sites is 1. The van der Waals surface area contributed by atoms with Crippen LogP contribution in [-0.4, -0.2) is 23.0 Å². The van der Waals surface area contributed by atoms with Crippen molar-refractivity contribution in [3.8, 4) is 11.5 Å². The molecule has 0 spiro atoms. The van der Waals surface area contributed by atoms with Crippen molar-refractivity contribution in [1.29, 1.82) is 0 Å². The van der Waals surface area contributed by atoms with Crippen LogP contribution >= 0.6 is 15.9 Å². The molecule has 0 radical (unpaired) electrons. The van der Waals surface area contributed by atoms with Crippen molar-refractivity contribution in [2.24, 2.45) is 12.8 Å². The zero-order valence-electron chi connectivity index (χ0n) is 10.5. The van der Waals surface area contributed by atoms with E-state index >= 15 is 0 Å². The molecule has 0 aliphatic carbocycles. The van der Waals surface area contributed by atoms with Gasteiger partial charge in [0.05, 0.1) is 22.4 Å². The van der Waals surface area contributed by atoms with E-state index in [4.69, 9.17) is 15.2 Å². The minimum Gasteiger partial charge on any atom is -0.486 e. The largest absolute Gasteiger partial charge is 0.486 e. The number of benzene rings is 1. The number of nitrogens with zero attached hydrogens (tertiary/aromatic N) is 2. The highest BCUT2D eigenvalue weighted by Crippen LogP contribution is 2.39. The van der Waals surface area contributed by atoms with Gasteiger partial charge in [-0.1, -0.05) is 12.1 Å². The van der Waals surface area contributed by atoms with Gasteiger partial charge < -0.3 is 15.2 Å². The maximum Gasteiger partial charge on any atom is 0.166 e. The number of aromatic nitrogens is 2. The van der Waals surface area contributed by atoms with Crippen LogP contribution < -0.4 is 15.2 Å². The first-order valence-electron chi connectivity index (χ1n) is 6.00. The molecule has 1 atom stereocenters. The standard InChI is InChI=1S/C13H14BrN3O2/c1-17-12(9(14)7-16-17)11(15)8-3-2-4-10-13(8)19-6-5-18-10/h2-4,7,11H,5-6,15H2,1H3. The zero-order valence-corrected chi connectivity index (χ0v) is 12.1. The van der Waals surface area contributed by atoms with Crippen LogP contribution in [-0.2, 0) is 7.05 Å². The summed E-state index contributed by atoms with van der Waals surface area (Å²) in [7, 11) is 1.87. The Hall–Kier alpha value is -1.53. The van der Waals surface area contributed by atoms with Crippen LogP contribution in [0.3, 0.4) is 0 Å². The smallest absolute Gasteiger partial charge is 0.166 e. The predicted molar refractivity (Wildman–Crippen MR) is 74.4 cm³/mol. The summed E-state index contributed by atoms with van der Waals surface area (Å²) < 4.78 is 13.9. The molecule has 3 rings (SSSR count). The van der Waals surface area contributed by atoms with Gasteiger partial charge in [-0.25, -0.2) is 0 Å². The van der Waals surface area contributed by atoms with Crippen molar-refractivity contribution in [1.82, 2.24) is 9.78 Å².